The number of H-pyrrole nitrogens is 1. The van der Waals surface area contributed by atoms with Gasteiger partial charge >= 0.3 is 6.18 Å². The minimum atomic E-state index is -4.77. The lowest BCUT2D eigenvalue weighted by Crippen LogP contribution is -2.34. The van der Waals surface area contributed by atoms with Gasteiger partial charge in [-0.05, 0) is 54.1 Å². The summed E-state index contributed by atoms with van der Waals surface area (Å²) in [5.74, 6) is 1.20. The molecule has 40 heavy (non-hydrogen) atoms. The Morgan fingerprint density at radius 1 is 1.00 bits per heavy atom. The van der Waals surface area contributed by atoms with E-state index in [0.29, 0.717) is 5.69 Å². The summed E-state index contributed by atoms with van der Waals surface area (Å²) < 4.78 is 55.4. The number of rotatable bonds is 5. The van der Waals surface area contributed by atoms with Gasteiger partial charge in [0.25, 0.3) is 0 Å². The molecular weight excluding hydrogens is 522 g/mol. The summed E-state index contributed by atoms with van der Waals surface area (Å²) in [6, 6.07) is 11.3. The summed E-state index contributed by atoms with van der Waals surface area (Å²) >= 11 is 0. The molecule has 5 aromatic rings. The molecule has 1 saturated heterocycles. The van der Waals surface area contributed by atoms with E-state index in [4.69, 9.17) is 0 Å². The number of anilines is 2. The second kappa shape index (κ2) is 9.96. The molecule has 11 heteroatoms. The van der Waals surface area contributed by atoms with Crippen LogP contribution in [0, 0.1) is 5.82 Å². The van der Waals surface area contributed by atoms with E-state index in [1.807, 2.05) is 30.9 Å². The van der Waals surface area contributed by atoms with Gasteiger partial charge in [0, 0.05) is 56.6 Å². The van der Waals surface area contributed by atoms with Gasteiger partial charge in [-0.3, -0.25) is 0 Å². The van der Waals surface area contributed by atoms with E-state index in [2.05, 4.69) is 48.4 Å². The predicted molar refractivity (Wildman–Crippen MR) is 147 cm³/mol. The fourth-order valence-electron chi connectivity index (χ4n) is 5.53. The van der Waals surface area contributed by atoms with Crippen molar-refractivity contribution in [3.8, 4) is 22.4 Å². The van der Waals surface area contributed by atoms with E-state index in [-0.39, 0.29) is 11.5 Å². The molecular formula is C29H27F4N7. The van der Waals surface area contributed by atoms with Crippen molar-refractivity contribution in [1.82, 2.24) is 24.5 Å². The summed E-state index contributed by atoms with van der Waals surface area (Å²) in [6.07, 6.45) is 1.98. The average molecular weight is 550 g/mol. The fourth-order valence-corrected chi connectivity index (χ4v) is 5.53. The first kappa shape index (κ1) is 25.8. The number of nitrogens with one attached hydrogen (secondary N) is 2. The molecule has 0 amide bonds. The van der Waals surface area contributed by atoms with Crippen LogP contribution >= 0.6 is 0 Å². The molecule has 1 aliphatic rings. The Balaban J connectivity index is 1.25. The zero-order valence-corrected chi connectivity index (χ0v) is 21.9. The Bertz CT molecular complexity index is 1680. The van der Waals surface area contributed by atoms with Crippen molar-refractivity contribution in [2.75, 3.05) is 30.4 Å². The number of imidazole rings is 1. The Labute approximate surface area is 227 Å². The van der Waals surface area contributed by atoms with E-state index in [9.17, 15) is 17.6 Å². The molecule has 0 spiro atoms. The van der Waals surface area contributed by atoms with E-state index in [1.165, 1.54) is 6.07 Å². The highest BCUT2D eigenvalue weighted by atomic mass is 19.4. The minimum Gasteiger partial charge on any atom is -0.372 e. The Hall–Kier alpha value is -4.41. The number of hydrogen-bond acceptors (Lipinski definition) is 5. The molecule has 1 fully saturated rings. The van der Waals surface area contributed by atoms with Crippen molar-refractivity contribution in [3.63, 3.8) is 0 Å². The maximum Gasteiger partial charge on any atom is 0.419 e. The summed E-state index contributed by atoms with van der Waals surface area (Å²) in [4.78, 5) is 19.3. The van der Waals surface area contributed by atoms with Gasteiger partial charge in [0.1, 0.15) is 29.6 Å². The maximum atomic E-state index is 13.8. The van der Waals surface area contributed by atoms with Crippen LogP contribution in [0.15, 0.2) is 61.2 Å². The highest BCUT2D eigenvalue weighted by Gasteiger charge is 2.35. The molecule has 0 unspecified atom stereocenters. The highest BCUT2D eigenvalue weighted by molar-refractivity contribution is 5.91. The fraction of sp³-hybridized carbons (Fsp3) is 0.276. The third-order valence-electron chi connectivity index (χ3n) is 7.55. The molecule has 206 valence electrons. The van der Waals surface area contributed by atoms with Gasteiger partial charge in [-0.1, -0.05) is 12.1 Å². The zero-order valence-electron chi connectivity index (χ0n) is 21.9. The summed E-state index contributed by atoms with van der Waals surface area (Å²) in [5.41, 5.74) is 2.29. The quantitative estimate of drug-likeness (QED) is 0.242. The van der Waals surface area contributed by atoms with Gasteiger partial charge in [0.15, 0.2) is 0 Å². The smallest absolute Gasteiger partial charge is 0.372 e. The SMILES string of the molecule is CNc1ncnc(N2CCC(c3nc(-c4ccc(F)c(C(F)(F)F)c4)cn3C)CC2)c1-c1ccc2cc[nH]c2c1. The molecule has 4 heterocycles. The molecule has 3 aromatic heterocycles. The first-order valence-electron chi connectivity index (χ1n) is 13.0. The number of fused-ring (bicyclic) bond motifs is 1. The number of benzene rings is 2. The topological polar surface area (TPSA) is 74.7 Å². The van der Waals surface area contributed by atoms with E-state index >= 15 is 0 Å². The number of alkyl halides is 3. The molecule has 0 aliphatic carbocycles. The van der Waals surface area contributed by atoms with E-state index in [0.717, 1.165) is 77.6 Å². The van der Waals surface area contributed by atoms with Crippen molar-refractivity contribution in [2.45, 2.75) is 24.9 Å². The monoisotopic (exact) mass is 549 g/mol. The van der Waals surface area contributed by atoms with Crippen molar-refractivity contribution < 1.29 is 17.6 Å². The summed E-state index contributed by atoms with van der Waals surface area (Å²) in [6.45, 7) is 1.44. The predicted octanol–water partition coefficient (Wildman–Crippen LogP) is 6.61. The molecule has 2 N–H and O–H groups in total. The van der Waals surface area contributed by atoms with Crippen LogP contribution in [-0.4, -0.2) is 44.6 Å². The van der Waals surface area contributed by atoms with Crippen LogP contribution in [-0.2, 0) is 13.2 Å². The van der Waals surface area contributed by atoms with Crippen LogP contribution in [0.2, 0.25) is 0 Å². The van der Waals surface area contributed by atoms with Gasteiger partial charge < -0.3 is 19.8 Å². The van der Waals surface area contributed by atoms with Gasteiger partial charge in [0.2, 0.25) is 0 Å². The minimum absolute atomic E-state index is 0.113. The van der Waals surface area contributed by atoms with Crippen molar-refractivity contribution in [1.29, 1.82) is 0 Å². The number of piperidine rings is 1. The molecule has 2 aromatic carbocycles. The summed E-state index contributed by atoms with van der Waals surface area (Å²) in [7, 11) is 3.68. The van der Waals surface area contributed by atoms with Crippen LogP contribution in [0.1, 0.15) is 30.1 Å². The van der Waals surface area contributed by atoms with Crippen LogP contribution in [0.5, 0.6) is 0 Å². The Morgan fingerprint density at radius 3 is 2.52 bits per heavy atom. The first-order chi connectivity index (χ1) is 19.2. The third-order valence-corrected chi connectivity index (χ3v) is 7.55. The lowest BCUT2D eigenvalue weighted by atomic mass is 9.95. The maximum absolute atomic E-state index is 13.8. The second-order valence-electron chi connectivity index (χ2n) is 10.00. The van der Waals surface area contributed by atoms with Gasteiger partial charge in [-0.15, -0.1) is 0 Å². The number of halogens is 4. The Kier molecular flexibility index (Phi) is 6.44. The van der Waals surface area contributed by atoms with Crippen molar-refractivity contribution >= 4 is 22.5 Å². The normalized spacial score (nSPS) is 14.7. The van der Waals surface area contributed by atoms with Crippen LogP contribution in [0.4, 0.5) is 29.2 Å². The van der Waals surface area contributed by atoms with Gasteiger partial charge in [-0.2, -0.15) is 13.2 Å². The molecule has 0 saturated carbocycles. The van der Waals surface area contributed by atoms with Gasteiger partial charge in [0.05, 0.1) is 16.8 Å². The van der Waals surface area contributed by atoms with Crippen LogP contribution in [0.3, 0.4) is 0 Å². The number of aryl methyl sites for hydroxylation is 1. The van der Waals surface area contributed by atoms with Crippen molar-refractivity contribution in [3.05, 3.63) is 78.4 Å². The molecule has 0 atom stereocenters. The zero-order chi connectivity index (χ0) is 28.0. The van der Waals surface area contributed by atoms with Crippen LogP contribution < -0.4 is 10.2 Å². The average Bonchev–Trinajstić information content (AvgIpc) is 3.58. The van der Waals surface area contributed by atoms with E-state index < -0.39 is 17.6 Å². The number of aromatic nitrogens is 5. The largest absolute Gasteiger partial charge is 0.419 e. The number of aromatic amines is 1. The van der Waals surface area contributed by atoms with Gasteiger partial charge in [-0.25, -0.2) is 19.3 Å². The molecule has 0 radical (unpaired) electrons. The number of hydrogen-bond donors (Lipinski definition) is 2. The molecule has 0 bridgehead atoms. The lowest BCUT2D eigenvalue weighted by Gasteiger charge is -2.34. The van der Waals surface area contributed by atoms with Crippen molar-refractivity contribution in [2.24, 2.45) is 7.05 Å². The standard InChI is InChI=1S/C29H27F4N7/c1-34-26-25(20-4-3-17-7-10-35-23(17)14-20)28(37-16-36-26)40-11-8-18(9-12-40)27-38-24(15-39(27)2)19-5-6-22(30)21(13-19)29(31,32)33/h3-7,10,13-16,18,35H,8-9,11-12H2,1-2H3,(H,34,36,37). The van der Waals surface area contributed by atoms with E-state index in [1.54, 1.807) is 12.5 Å². The van der Waals surface area contributed by atoms with Crippen LogP contribution in [0.25, 0.3) is 33.3 Å². The Morgan fingerprint density at radius 2 is 1.77 bits per heavy atom. The number of nitrogens with zero attached hydrogens (tertiary/aromatic N) is 5. The molecule has 7 nitrogen and oxygen atoms in total. The molecule has 1 aliphatic heterocycles. The summed E-state index contributed by atoms with van der Waals surface area (Å²) in [5, 5.41) is 4.32. The first-order valence-corrected chi connectivity index (χ1v) is 13.0. The molecule has 6 rings (SSSR count). The second-order valence-corrected chi connectivity index (χ2v) is 10.00. The third kappa shape index (κ3) is 4.65. The highest BCUT2D eigenvalue weighted by Crippen LogP contribution is 2.39. The lowest BCUT2D eigenvalue weighted by molar-refractivity contribution is -0.139.